The van der Waals surface area contributed by atoms with E-state index in [1.165, 1.54) is 47.6 Å². The number of piperidine rings is 1. The van der Waals surface area contributed by atoms with E-state index >= 15 is 13.2 Å². The van der Waals surface area contributed by atoms with Crippen LogP contribution in [-0.4, -0.2) is 65.8 Å². The molecule has 11 nitrogen and oxygen atoms in total. The highest BCUT2D eigenvalue weighted by Crippen LogP contribution is 2.36. The summed E-state index contributed by atoms with van der Waals surface area (Å²) >= 11 is 0. The topological polar surface area (TPSA) is 136 Å². The summed E-state index contributed by atoms with van der Waals surface area (Å²) in [5, 5.41) is 3.12. The molecule has 2 aromatic heterocycles. The van der Waals surface area contributed by atoms with Gasteiger partial charge in [0.05, 0.1) is 23.7 Å². The minimum absolute atomic E-state index is 0.122. The molecule has 5 rings (SSSR count). The number of hydrogen-bond donors (Lipinski definition) is 2. The van der Waals surface area contributed by atoms with Crippen LogP contribution in [0.4, 0.5) is 34.0 Å². The molecule has 49 heavy (non-hydrogen) atoms. The van der Waals surface area contributed by atoms with E-state index in [1.807, 2.05) is 0 Å². The van der Waals surface area contributed by atoms with E-state index < -0.39 is 75.0 Å². The Kier molecular flexibility index (Phi) is 10.6. The summed E-state index contributed by atoms with van der Waals surface area (Å²) in [7, 11) is -4.31. The summed E-state index contributed by atoms with van der Waals surface area (Å²) < 4.78 is 97.0. The lowest BCUT2D eigenvalue weighted by molar-refractivity contribution is 0.0139. The quantitative estimate of drug-likeness (QED) is 0.137. The molecule has 0 aliphatic carbocycles. The first-order valence-electron chi connectivity index (χ1n) is 15.2. The average molecular weight is 703 g/mol. The van der Waals surface area contributed by atoms with E-state index in [0.717, 1.165) is 0 Å². The Bertz CT molecular complexity index is 1910. The molecule has 260 valence electrons. The Morgan fingerprint density at radius 2 is 1.76 bits per heavy atom. The van der Waals surface area contributed by atoms with Crippen molar-refractivity contribution in [2.24, 2.45) is 5.92 Å². The summed E-state index contributed by atoms with van der Waals surface area (Å²) in [6.07, 6.45) is 2.54. The largest absolute Gasteiger partial charge is 0.444 e. The van der Waals surface area contributed by atoms with Gasteiger partial charge in [0, 0.05) is 43.5 Å². The van der Waals surface area contributed by atoms with Crippen molar-refractivity contribution in [3.05, 3.63) is 90.0 Å². The maximum absolute atomic E-state index is 15.2. The number of sulfonamides is 1. The van der Waals surface area contributed by atoms with Crippen molar-refractivity contribution < 1.29 is 40.2 Å². The number of nitrogens with one attached hydrogen (secondary N) is 2. The van der Waals surface area contributed by atoms with Gasteiger partial charge in [-0.05, 0) is 51.0 Å². The van der Waals surface area contributed by atoms with Gasteiger partial charge in [-0.1, -0.05) is 30.3 Å². The van der Waals surface area contributed by atoms with Crippen LogP contribution in [0, 0.1) is 23.4 Å². The second kappa shape index (κ2) is 14.6. The minimum atomic E-state index is -4.31. The summed E-state index contributed by atoms with van der Waals surface area (Å²) in [6, 6.07) is 12.5. The van der Waals surface area contributed by atoms with Crippen molar-refractivity contribution in [1.82, 2.24) is 19.9 Å². The van der Waals surface area contributed by atoms with Gasteiger partial charge in [-0.15, -0.1) is 0 Å². The minimum Gasteiger partial charge on any atom is -0.444 e. The van der Waals surface area contributed by atoms with Crippen LogP contribution in [0.2, 0.25) is 0 Å². The van der Waals surface area contributed by atoms with Crippen LogP contribution in [0.5, 0.6) is 11.6 Å². The molecule has 1 aliphatic rings. The SMILES string of the molecule is CC(C)(C)OC(=O)N1CC(CF)CC(Nc2nccc(-c3cccnc3Oc3cc(F)c(NS(=O)(=O)Cc4ccccc4)c(F)c3F)n2)C1. The molecule has 16 heteroatoms. The van der Waals surface area contributed by atoms with Crippen molar-refractivity contribution in [2.75, 3.05) is 29.8 Å². The van der Waals surface area contributed by atoms with Crippen LogP contribution in [-0.2, 0) is 20.5 Å². The van der Waals surface area contributed by atoms with Crippen molar-refractivity contribution in [3.8, 4) is 22.9 Å². The standard InChI is InChI=1S/C33H34F4N6O5S/c1-33(2,3)48-32(44)43-17-21(16-34)14-22(18-43)40-31-39-13-11-25(41-31)23-10-7-12-38-30(23)47-26-15-24(35)29(28(37)27(26)36)42-49(45,46)19-20-8-5-4-6-9-20/h4-13,15,21-22,42H,14,16-19H2,1-3H3,(H,39,40,41). The number of rotatable bonds is 10. The second-order valence-corrected chi connectivity index (χ2v) is 14.1. The van der Waals surface area contributed by atoms with Crippen molar-refractivity contribution in [1.29, 1.82) is 0 Å². The van der Waals surface area contributed by atoms with Crippen molar-refractivity contribution in [2.45, 2.75) is 44.6 Å². The number of nitrogens with zero attached hydrogens (tertiary/aromatic N) is 4. The molecule has 2 N–H and O–H groups in total. The van der Waals surface area contributed by atoms with Crippen LogP contribution in [0.3, 0.4) is 0 Å². The first kappa shape index (κ1) is 35.3. The van der Waals surface area contributed by atoms with Gasteiger partial charge >= 0.3 is 6.09 Å². The Morgan fingerprint density at radius 3 is 2.47 bits per heavy atom. The zero-order chi connectivity index (χ0) is 35.3. The smallest absolute Gasteiger partial charge is 0.410 e. The van der Waals surface area contributed by atoms with E-state index in [0.29, 0.717) is 18.1 Å². The molecule has 2 unspecified atom stereocenters. The number of likely N-dealkylation sites (tertiary alicyclic amines) is 1. The van der Waals surface area contributed by atoms with E-state index in [1.54, 1.807) is 43.7 Å². The van der Waals surface area contributed by atoms with Crippen LogP contribution in [0.15, 0.2) is 67.0 Å². The maximum atomic E-state index is 15.2. The van der Waals surface area contributed by atoms with E-state index in [-0.39, 0.29) is 36.2 Å². The second-order valence-electron chi connectivity index (χ2n) is 12.4. The maximum Gasteiger partial charge on any atom is 0.410 e. The number of amides is 1. The highest BCUT2D eigenvalue weighted by Gasteiger charge is 2.33. The number of aromatic nitrogens is 3. The number of halogens is 4. The number of alkyl halides is 1. The molecule has 0 bridgehead atoms. The Balaban J connectivity index is 1.34. The van der Waals surface area contributed by atoms with Gasteiger partial charge in [0.1, 0.15) is 11.3 Å². The highest BCUT2D eigenvalue weighted by atomic mass is 32.2. The van der Waals surface area contributed by atoms with Gasteiger partial charge < -0.3 is 19.7 Å². The number of anilines is 2. The van der Waals surface area contributed by atoms with E-state index in [2.05, 4.69) is 20.3 Å². The molecule has 2 aromatic carbocycles. The number of carbonyl (C=O) groups excluding carboxylic acids is 1. The monoisotopic (exact) mass is 702 g/mol. The molecule has 4 aromatic rings. The van der Waals surface area contributed by atoms with Crippen LogP contribution in [0.1, 0.15) is 32.8 Å². The van der Waals surface area contributed by atoms with E-state index in [9.17, 15) is 17.6 Å². The molecular weight excluding hydrogens is 668 g/mol. The fourth-order valence-electron chi connectivity index (χ4n) is 5.15. The third kappa shape index (κ3) is 9.13. The zero-order valence-corrected chi connectivity index (χ0v) is 27.6. The molecular formula is C33H34F4N6O5S. The lowest BCUT2D eigenvalue weighted by atomic mass is 9.95. The molecule has 0 radical (unpaired) electrons. The van der Waals surface area contributed by atoms with Crippen LogP contribution < -0.4 is 14.8 Å². The van der Waals surface area contributed by atoms with Crippen LogP contribution >= 0.6 is 0 Å². The van der Waals surface area contributed by atoms with Gasteiger partial charge in [0.2, 0.25) is 27.7 Å². The lowest BCUT2D eigenvalue weighted by Gasteiger charge is -2.37. The molecule has 1 saturated heterocycles. The highest BCUT2D eigenvalue weighted by molar-refractivity contribution is 7.91. The Hall–Kier alpha value is -4.99. The molecule has 1 aliphatic heterocycles. The number of hydrogen-bond acceptors (Lipinski definition) is 9. The van der Waals surface area contributed by atoms with Crippen molar-refractivity contribution in [3.63, 3.8) is 0 Å². The molecule has 0 spiro atoms. The van der Waals surface area contributed by atoms with Gasteiger partial charge in [-0.2, -0.15) is 4.39 Å². The fourth-order valence-corrected chi connectivity index (χ4v) is 6.36. The zero-order valence-electron chi connectivity index (χ0n) is 26.8. The third-order valence-electron chi connectivity index (χ3n) is 7.23. The molecule has 3 heterocycles. The van der Waals surface area contributed by atoms with Crippen LogP contribution in [0.25, 0.3) is 11.3 Å². The lowest BCUT2D eigenvalue weighted by Crippen LogP contribution is -2.50. The van der Waals surface area contributed by atoms with E-state index in [4.69, 9.17) is 9.47 Å². The predicted octanol–water partition coefficient (Wildman–Crippen LogP) is 6.70. The first-order chi connectivity index (χ1) is 23.2. The summed E-state index contributed by atoms with van der Waals surface area (Å²) in [6.45, 7) is 4.96. The van der Waals surface area contributed by atoms with Gasteiger partial charge in [-0.3, -0.25) is 9.11 Å². The van der Waals surface area contributed by atoms with Gasteiger partial charge in [-0.25, -0.2) is 36.9 Å². The molecule has 1 amide bonds. The first-order valence-corrected chi connectivity index (χ1v) is 16.8. The summed E-state index contributed by atoms with van der Waals surface area (Å²) in [5.41, 5.74) is -1.15. The Morgan fingerprint density at radius 1 is 1.00 bits per heavy atom. The summed E-state index contributed by atoms with van der Waals surface area (Å²) in [4.78, 5) is 26.9. The van der Waals surface area contributed by atoms with Gasteiger partial charge in [0.15, 0.2) is 17.4 Å². The number of benzene rings is 2. The molecule has 0 saturated carbocycles. The van der Waals surface area contributed by atoms with Gasteiger partial charge in [0.25, 0.3) is 0 Å². The Labute approximate surface area is 280 Å². The number of pyridine rings is 1. The normalized spacial score (nSPS) is 16.6. The predicted molar refractivity (Wildman–Crippen MR) is 174 cm³/mol. The molecule has 1 fully saturated rings. The number of ether oxygens (including phenoxy) is 2. The third-order valence-corrected chi connectivity index (χ3v) is 8.46. The molecule has 2 atom stereocenters. The summed E-state index contributed by atoms with van der Waals surface area (Å²) in [5.74, 6) is -6.97. The fraction of sp³-hybridized carbons (Fsp3) is 0.333. The average Bonchev–Trinajstić information content (AvgIpc) is 3.05. The number of carbonyl (C=O) groups is 1. The van der Waals surface area contributed by atoms with Crippen molar-refractivity contribution >= 4 is 27.8 Å².